The Morgan fingerprint density at radius 2 is 1.74 bits per heavy atom. The molecule has 38 heavy (non-hydrogen) atoms. The van der Waals surface area contributed by atoms with E-state index in [9.17, 15) is 5.11 Å². The van der Waals surface area contributed by atoms with Gasteiger partial charge in [0.1, 0.15) is 18.5 Å². The van der Waals surface area contributed by atoms with Crippen molar-refractivity contribution < 1.29 is 24.1 Å². The Bertz CT molecular complexity index is 1150. The van der Waals surface area contributed by atoms with Crippen LogP contribution in [-0.4, -0.2) is 67.6 Å². The van der Waals surface area contributed by atoms with Crippen molar-refractivity contribution in [3.05, 3.63) is 65.7 Å². The standard InChI is InChI=1S/C28H37N5O5/c1-20(2)30-31-27-11-12-28(33-32-27)37-16-14-22-7-5-6-8-24(22)38-19-23(34)18-29-15-13-21-9-10-25(35-3)26(17-21)36-4/h5-12,17,23,29,34H,13-16,18-19H2,1-4H3,(H,31,32). The molecule has 1 heterocycles. The fourth-order valence-electron chi connectivity index (χ4n) is 3.52. The average Bonchev–Trinajstić information content (AvgIpc) is 2.94. The Morgan fingerprint density at radius 3 is 2.47 bits per heavy atom. The second-order valence-corrected chi connectivity index (χ2v) is 8.74. The first kappa shape index (κ1) is 28.7. The van der Waals surface area contributed by atoms with Crippen molar-refractivity contribution in [3.63, 3.8) is 0 Å². The molecule has 0 aliphatic carbocycles. The Hall–Kier alpha value is -3.89. The van der Waals surface area contributed by atoms with E-state index in [-0.39, 0.29) is 6.61 Å². The molecule has 204 valence electrons. The number of hydrogen-bond acceptors (Lipinski definition) is 10. The van der Waals surface area contributed by atoms with Gasteiger partial charge in [0.25, 0.3) is 0 Å². The van der Waals surface area contributed by atoms with Gasteiger partial charge in [-0.1, -0.05) is 24.3 Å². The summed E-state index contributed by atoms with van der Waals surface area (Å²) in [6.07, 6.45) is 0.775. The number of anilines is 1. The van der Waals surface area contributed by atoms with Gasteiger partial charge in [0.15, 0.2) is 17.3 Å². The predicted molar refractivity (Wildman–Crippen MR) is 148 cm³/mol. The fraction of sp³-hybridized carbons (Fsp3) is 0.393. The van der Waals surface area contributed by atoms with Crippen LogP contribution >= 0.6 is 0 Å². The third-order valence-electron chi connectivity index (χ3n) is 5.48. The van der Waals surface area contributed by atoms with Crippen LogP contribution in [0.3, 0.4) is 0 Å². The molecule has 0 saturated carbocycles. The molecule has 0 bridgehead atoms. The molecular formula is C28H37N5O5. The summed E-state index contributed by atoms with van der Waals surface area (Å²) in [4.78, 5) is 0. The van der Waals surface area contributed by atoms with E-state index in [1.165, 1.54) is 0 Å². The minimum atomic E-state index is -0.645. The highest BCUT2D eigenvalue weighted by Gasteiger charge is 2.09. The van der Waals surface area contributed by atoms with E-state index in [1.54, 1.807) is 26.4 Å². The van der Waals surface area contributed by atoms with E-state index in [4.69, 9.17) is 18.9 Å². The predicted octanol–water partition coefficient (Wildman–Crippen LogP) is 3.50. The molecule has 10 nitrogen and oxygen atoms in total. The van der Waals surface area contributed by atoms with Gasteiger partial charge in [0.05, 0.1) is 20.8 Å². The number of aromatic nitrogens is 2. The van der Waals surface area contributed by atoms with Crippen LogP contribution in [0.25, 0.3) is 0 Å². The lowest BCUT2D eigenvalue weighted by atomic mass is 10.1. The minimum Gasteiger partial charge on any atom is -0.493 e. The lowest BCUT2D eigenvalue weighted by molar-refractivity contribution is 0.106. The largest absolute Gasteiger partial charge is 0.493 e. The molecule has 0 fully saturated rings. The molecule has 1 unspecified atom stereocenters. The zero-order valence-electron chi connectivity index (χ0n) is 22.4. The van der Waals surface area contributed by atoms with Crippen LogP contribution in [0.4, 0.5) is 5.82 Å². The first-order valence-electron chi connectivity index (χ1n) is 12.5. The maximum absolute atomic E-state index is 10.4. The van der Waals surface area contributed by atoms with Crippen LogP contribution < -0.4 is 29.7 Å². The number of hydrogen-bond donors (Lipinski definition) is 3. The second kappa shape index (κ2) is 15.4. The molecule has 0 aliphatic rings. The third-order valence-corrected chi connectivity index (χ3v) is 5.48. The van der Waals surface area contributed by atoms with Crippen molar-refractivity contribution in [2.24, 2.45) is 5.10 Å². The van der Waals surface area contributed by atoms with E-state index < -0.39 is 6.10 Å². The van der Waals surface area contributed by atoms with Crippen molar-refractivity contribution >= 4 is 11.5 Å². The summed E-state index contributed by atoms with van der Waals surface area (Å²) in [7, 11) is 3.24. The highest BCUT2D eigenvalue weighted by atomic mass is 16.5. The summed E-state index contributed by atoms with van der Waals surface area (Å²) in [5, 5.41) is 25.8. The molecule has 2 aromatic carbocycles. The van der Waals surface area contributed by atoms with Gasteiger partial charge >= 0.3 is 0 Å². The molecule has 1 atom stereocenters. The fourth-order valence-corrected chi connectivity index (χ4v) is 3.52. The van der Waals surface area contributed by atoms with Gasteiger partial charge < -0.3 is 29.4 Å². The van der Waals surface area contributed by atoms with Crippen LogP contribution in [0.5, 0.6) is 23.1 Å². The molecule has 0 saturated heterocycles. The molecule has 0 spiro atoms. The SMILES string of the molecule is COc1ccc(CCNCC(O)COc2ccccc2CCOc2ccc(NN=C(C)C)nn2)cc1OC. The summed E-state index contributed by atoms with van der Waals surface area (Å²) in [6.45, 7) is 5.51. The lowest BCUT2D eigenvalue weighted by Crippen LogP contribution is -2.32. The Balaban J connectivity index is 1.38. The molecule has 3 rings (SSSR count). The number of aliphatic hydroxyl groups excluding tert-OH is 1. The molecule has 1 aromatic heterocycles. The topological polar surface area (TPSA) is 119 Å². The van der Waals surface area contributed by atoms with Crippen LogP contribution in [0, 0.1) is 0 Å². The number of rotatable bonds is 16. The van der Waals surface area contributed by atoms with E-state index in [2.05, 4.69) is 26.0 Å². The van der Waals surface area contributed by atoms with Gasteiger partial charge in [-0.3, -0.25) is 5.43 Å². The van der Waals surface area contributed by atoms with Gasteiger partial charge in [0.2, 0.25) is 5.88 Å². The summed E-state index contributed by atoms with van der Waals surface area (Å²) >= 11 is 0. The third kappa shape index (κ3) is 9.53. The molecule has 0 aliphatic heterocycles. The lowest BCUT2D eigenvalue weighted by Gasteiger charge is -2.16. The van der Waals surface area contributed by atoms with Gasteiger partial charge in [0, 0.05) is 24.7 Å². The summed E-state index contributed by atoms with van der Waals surface area (Å²) in [6, 6.07) is 17.1. The molecule has 0 radical (unpaired) electrons. The van der Waals surface area contributed by atoms with Crippen molar-refractivity contribution in [1.82, 2.24) is 15.5 Å². The molecule has 3 aromatic rings. The molecule has 10 heteroatoms. The number of ether oxygens (including phenoxy) is 4. The maximum atomic E-state index is 10.4. The zero-order valence-corrected chi connectivity index (χ0v) is 22.4. The Morgan fingerprint density at radius 1 is 0.921 bits per heavy atom. The first-order valence-corrected chi connectivity index (χ1v) is 12.5. The maximum Gasteiger partial charge on any atom is 0.233 e. The van der Waals surface area contributed by atoms with Gasteiger partial charge in [-0.2, -0.15) is 5.10 Å². The first-order chi connectivity index (χ1) is 18.5. The summed E-state index contributed by atoms with van der Waals surface area (Å²) in [5.41, 5.74) is 5.82. The number of nitrogens with one attached hydrogen (secondary N) is 2. The van der Waals surface area contributed by atoms with Crippen LogP contribution in [-0.2, 0) is 12.8 Å². The van der Waals surface area contributed by atoms with Crippen molar-refractivity contribution in [2.75, 3.05) is 45.9 Å². The monoisotopic (exact) mass is 523 g/mol. The normalized spacial score (nSPS) is 11.4. The van der Waals surface area contributed by atoms with Crippen LogP contribution in [0.1, 0.15) is 25.0 Å². The number of hydrazone groups is 1. The Labute approximate surface area is 224 Å². The van der Waals surface area contributed by atoms with Gasteiger partial charge in [-0.25, -0.2) is 0 Å². The molecule has 0 amide bonds. The second-order valence-electron chi connectivity index (χ2n) is 8.74. The van der Waals surface area contributed by atoms with Crippen molar-refractivity contribution in [3.8, 4) is 23.1 Å². The molecular weight excluding hydrogens is 486 g/mol. The van der Waals surface area contributed by atoms with Crippen LogP contribution in [0.2, 0.25) is 0 Å². The number of aliphatic hydroxyl groups is 1. The van der Waals surface area contributed by atoms with Crippen molar-refractivity contribution in [1.29, 1.82) is 0 Å². The summed E-state index contributed by atoms with van der Waals surface area (Å²) < 4.78 is 22.3. The van der Waals surface area contributed by atoms with Gasteiger partial charge in [-0.15, -0.1) is 10.2 Å². The Kier molecular flexibility index (Phi) is 11.6. The quantitative estimate of drug-likeness (QED) is 0.147. The summed E-state index contributed by atoms with van der Waals surface area (Å²) in [5.74, 6) is 3.11. The number of para-hydroxylation sites is 1. The highest BCUT2D eigenvalue weighted by molar-refractivity contribution is 5.79. The van der Waals surface area contributed by atoms with E-state index in [0.717, 1.165) is 29.0 Å². The van der Waals surface area contributed by atoms with E-state index in [1.807, 2.05) is 56.3 Å². The minimum absolute atomic E-state index is 0.181. The van der Waals surface area contributed by atoms with Crippen LogP contribution in [0.15, 0.2) is 59.7 Å². The highest BCUT2D eigenvalue weighted by Crippen LogP contribution is 2.27. The number of methoxy groups -OCH3 is 2. The average molecular weight is 524 g/mol. The number of benzene rings is 2. The molecule has 3 N–H and O–H groups in total. The van der Waals surface area contributed by atoms with Crippen molar-refractivity contribution in [2.45, 2.75) is 32.8 Å². The van der Waals surface area contributed by atoms with E-state index >= 15 is 0 Å². The van der Waals surface area contributed by atoms with Gasteiger partial charge in [-0.05, 0) is 62.2 Å². The zero-order chi connectivity index (χ0) is 27.2. The number of nitrogens with zero attached hydrogens (tertiary/aromatic N) is 3. The van der Waals surface area contributed by atoms with E-state index in [0.29, 0.717) is 49.3 Å². The smallest absolute Gasteiger partial charge is 0.233 e.